The van der Waals surface area contributed by atoms with Crippen molar-refractivity contribution in [2.45, 2.75) is 39.2 Å². The zero-order chi connectivity index (χ0) is 18.2. The molecule has 140 valence electrons. The van der Waals surface area contributed by atoms with E-state index in [2.05, 4.69) is 64.0 Å². The molecule has 6 heteroatoms. The summed E-state index contributed by atoms with van der Waals surface area (Å²) in [5.74, 6) is 2.42. The van der Waals surface area contributed by atoms with Crippen molar-refractivity contribution in [3.8, 4) is 0 Å². The first-order valence-corrected chi connectivity index (χ1v) is 10.4. The minimum atomic E-state index is 0.472. The SMILES string of the molecule is CCNC(=NCc1ccc(N2CCCC2)nc1)NCC(C)c1cccs1. The number of hydrogen-bond acceptors (Lipinski definition) is 4. The zero-order valence-electron chi connectivity index (χ0n) is 15.7. The first-order valence-electron chi connectivity index (χ1n) is 9.51. The van der Waals surface area contributed by atoms with Gasteiger partial charge in [0.2, 0.25) is 0 Å². The van der Waals surface area contributed by atoms with E-state index in [4.69, 9.17) is 4.99 Å². The van der Waals surface area contributed by atoms with Gasteiger partial charge in [-0.25, -0.2) is 9.98 Å². The van der Waals surface area contributed by atoms with Crippen molar-refractivity contribution < 1.29 is 0 Å². The molecule has 1 fully saturated rings. The lowest BCUT2D eigenvalue weighted by Gasteiger charge is -2.16. The van der Waals surface area contributed by atoms with Crippen LogP contribution >= 0.6 is 11.3 Å². The minimum Gasteiger partial charge on any atom is -0.357 e. The molecular weight excluding hydrogens is 342 g/mol. The summed E-state index contributed by atoms with van der Waals surface area (Å²) in [6, 6.07) is 8.56. The lowest BCUT2D eigenvalue weighted by Crippen LogP contribution is -2.39. The van der Waals surface area contributed by atoms with Crippen LogP contribution in [-0.4, -0.2) is 37.1 Å². The van der Waals surface area contributed by atoms with Crippen LogP contribution in [0.4, 0.5) is 5.82 Å². The molecule has 26 heavy (non-hydrogen) atoms. The van der Waals surface area contributed by atoms with Crippen LogP contribution in [0.3, 0.4) is 0 Å². The van der Waals surface area contributed by atoms with Gasteiger partial charge in [-0.1, -0.05) is 19.1 Å². The molecule has 2 N–H and O–H groups in total. The monoisotopic (exact) mass is 371 g/mol. The van der Waals surface area contributed by atoms with E-state index in [0.29, 0.717) is 12.5 Å². The van der Waals surface area contributed by atoms with E-state index < -0.39 is 0 Å². The summed E-state index contributed by atoms with van der Waals surface area (Å²) in [5, 5.41) is 8.90. The van der Waals surface area contributed by atoms with Gasteiger partial charge < -0.3 is 15.5 Å². The highest BCUT2D eigenvalue weighted by Crippen LogP contribution is 2.20. The number of aliphatic imine (C=N–C) groups is 1. The quantitative estimate of drug-likeness (QED) is 0.577. The Morgan fingerprint density at radius 1 is 1.27 bits per heavy atom. The number of nitrogens with one attached hydrogen (secondary N) is 2. The molecule has 3 rings (SSSR count). The Labute approximate surface area is 160 Å². The summed E-state index contributed by atoms with van der Waals surface area (Å²) in [6.07, 6.45) is 4.50. The highest BCUT2D eigenvalue weighted by Gasteiger charge is 2.13. The van der Waals surface area contributed by atoms with E-state index in [-0.39, 0.29) is 0 Å². The van der Waals surface area contributed by atoms with Crippen LogP contribution in [0.5, 0.6) is 0 Å². The fraction of sp³-hybridized carbons (Fsp3) is 0.500. The van der Waals surface area contributed by atoms with Gasteiger partial charge in [0.05, 0.1) is 6.54 Å². The Morgan fingerprint density at radius 3 is 2.77 bits per heavy atom. The lowest BCUT2D eigenvalue weighted by molar-refractivity contribution is 0.709. The predicted molar refractivity (Wildman–Crippen MR) is 111 cm³/mol. The summed E-state index contributed by atoms with van der Waals surface area (Å²) >= 11 is 1.81. The fourth-order valence-electron chi connectivity index (χ4n) is 3.08. The first-order chi connectivity index (χ1) is 12.8. The molecule has 1 unspecified atom stereocenters. The molecule has 0 amide bonds. The normalized spacial score (nSPS) is 15.9. The van der Waals surface area contributed by atoms with E-state index in [0.717, 1.165) is 43.5 Å². The molecule has 1 aliphatic heterocycles. The molecule has 5 nitrogen and oxygen atoms in total. The number of thiophene rings is 1. The number of hydrogen-bond donors (Lipinski definition) is 2. The van der Waals surface area contributed by atoms with Crippen LogP contribution in [0, 0.1) is 0 Å². The first kappa shape index (κ1) is 18.7. The van der Waals surface area contributed by atoms with Crippen molar-refractivity contribution in [3.63, 3.8) is 0 Å². The summed E-state index contributed by atoms with van der Waals surface area (Å²) in [4.78, 5) is 13.1. The van der Waals surface area contributed by atoms with Crippen molar-refractivity contribution in [1.29, 1.82) is 0 Å². The molecule has 0 bridgehead atoms. The van der Waals surface area contributed by atoms with Crippen LogP contribution in [0.15, 0.2) is 40.8 Å². The number of aromatic nitrogens is 1. The van der Waals surface area contributed by atoms with Crippen molar-refractivity contribution >= 4 is 23.1 Å². The van der Waals surface area contributed by atoms with E-state index in [1.807, 2.05) is 6.20 Å². The third-order valence-corrected chi connectivity index (χ3v) is 5.71. The summed E-state index contributed by atoms with van der Waals surface area (Å²) in [5.41, 5.74) is 1.14. The van der Waals surface area contributed by atoms with Gasteiger partial charge in [0, 0.05) is 43.2 Å². The average Bonchev–Trinajstić information content (AvgIpc) is 3.38. The van der Waals surface area contributed by atoms with Gasteiger partial charge in [-0.2, -0.15) is 0 Å². The maximum atomic E-state index is 4.71. The van der Waals surface area contributed by atoms with Crippen LogP contribution in [0.25, 0.3) is 0 Å². The van der Waals surface area contributed by atoms with Gasteiger partial charge >= 0.3 is 0 Å². The predicted octanol–water partition coefficient (Wildman–Crippen LogP) is 3.60. The van der Waals surface area contributed by atoms with E-state index in [9.17, 15) is 0 Å². The highest BCUT2D eigenvalue weighted by atomic mass is 32.1. The Balaban J connectivity index is 1.54. The number of guanidine groups is 1. The molecule has 0 aliphatic carbocycles. The Bertz CT molecular complexity index is 675. The molecule has 1 atom stereocenters. The van der Waals surface area contributed by atoms with Crippen LogP contribution in [0.1, 0.15) is 43.0 Å². The number of anilines is 1. The number of pyridine rings is 1. The molecule has 0 radical (unpaired) electrons. The van der Waals surface area contributed by atoms with Crippen molar-refractivity contribution in [2.75, 3.05) is 31.1 Å². The van der Waals surface area contributed by atoms with Crippen LogP contribution < -0.4 is 15.5 Å². The molecule has 3 heterocycles. The zero-order valence-corrected chi connectivity index (χ0v) is 16.6. The van der Waals surface area contributed by atoms with Gasteiger partial charge in [-0.3, -0.25) is 0 Å². The third kappa shape index (κ3) is 5.21. The standard InChI is InChI=1S/C20H29N5S/c1-3-21-20(23-13-16(2)18-7-6-12-26-18)24-15-17-8-9-19(22-14-17)25-10-4-5-11-25/h6-9,12,14,16H,3-5,10-11,13,15H2,1-2H3,(H2,21,23,24). The van der Waals surface area contributed by atoms with Crippen molar-refractivity contribution in [1.82, 2.24) is 15.6 Å². The molecule has 0 spiro atoms. The minimum absolute atomic E-state index is 0.472. The second-order valence-corrected chi connectivity index (χ2v) is 7.69. The largest absolute Gasteiger partial charge is 0.357 e. The molecule has 0 aromatic carbocycles. The Morgan fingerprint density at radius 2 is 2.12 bits per heavy atom. The van der Waals surface area contributed by atoms with Crippen LogP contribution in [0.2, 0.25) is 0 Å². The van der Waals surface area contributed by atoms with Gasteiger partial charge in [-0.05, 0) is 42.8 Å². The maximum absolute atomic E-state index is 4.71. The molecular formula is C20H29N5S. The van der Waals surface area contributed by atoms with Gasteiger partial charge in [0.25, 0.3) is 0 Å². The summed E-state index contributed by atoms with van der Waals surface area (Å²) in [6.45, 7) is 8.94. The van der Waals surface area contributed by atoms with E-state index >= 15 is 0 Å². The lowest BCUT2D eigenvalue weighted by atomic mass is 10.1. The fourth-order valence-corrected chi connectivity index (χ4v) is 3.86. The van der Waals surface area contributed by atoms with Crippen molar-refractivity contribution in [2.24, 2.45) is 4.99 Å². The second-order valence-electron chi connectivity index (χ2n) is 6.71. The van der Waals surface area contributed by atoms with Gasteiger partial charge in [0.15, 0.2) is 5.96 Å². The van der Waals surface area contributed by atoms with E-state index in [1.165, 1.54) is 17.7 Å². The molecule has 2 aromatic heterocycles. The van der Waals surface area contributed by atoms with Crippen molar-refractivity contribution in [3.05, 3.63) is 46.3 Å². The van der Waals surface area contributed by atoms with Crippen LogP contribution in [-0.2, 0) is 6.54 Å². The molecule has 0 saturated carbocycles. The topological polar surface area (TPSA) is 52.6 Å². The molecule has 1 aliphatic rings. The van der Waals surface area contributed by atoms with Gasteiger partial charge in [-0.15, -0.1) is 11.3 Å². The third-order valence-electron chi connectivity index (χ3n) is 4.61. The smallest absolute Gasteiger partial charge is 0.191 e. The Hall–Kier alpha value is -2.08. The highest BCUT2D eigenvalue weighted by molar-refractivity contribution is 7.10. The summed E-state index contributed by atoms with van der Waals surface area (Å²) in [7, 11) is 0. The van der Waals surface area contributed by atoms with E-state index in [1.54, 1.807) is 11.3 Å². The Kier molecular flexibility index (Phi) is 6.89. The second kappa shape index (κ2) is 9.57. The number of rotatable bonds is 7. The molecule has 2 aromatic rings. The summed E-state index contributed by atoms with van der Waals surface area (Å²) < 4.78 is 0. The molecule has 1 saturated heterocycles. The average molecular weight is 372 g/mol. The number of nitrogens with zero attached hydrogens (tertiary/aromatic N) is 3. The maximum Gasteiger partial charge on any atom is 0.191 e. The van der Waals surface area contributed by atoms with Gasteiger partial charge in [0.1, 0.15) is 5.82 Å².